The first-order chi connectivity index (χ1) is 13.2. The zero-order valence-corrected chi connectivity index (χ0v) is 15.2. The van der Waals surface area contributed by atoms with Crippen molar-refractivity contribution in [2.24, 2.45) is 0 Å². The highest BCUT2D eigenvalue weighted by atomic mass is 16.1. The largest absolute Gasteiger partial charge is 0.291 e. The van der Waals surface area contributed by atoms with Crippen LogP contribution in [0.1, 0.15) is 28.7 Å². The van der Waals surface area contributed by atoms with Crippen LogP contribution < -0.4 is 5.32 Å². The molecule has 0 fully saturated rings. The first kappa shape index (κ1) is 16.9. The van der Waals surface area contributed by atoms with Gasteiger partial charge in [-0.15, -0.1) is 0 Å². The number of carbonyl (C=O) groups excluding carboxylic acids is 1. The molecule has 1 N–H and O–H groups in total. The van der Waals surface area contributed by atoms with Crippen molar-refractivity contribution in [3.8, 4) is 5.69 Å². The number of imidazole rings is 1. The number of nitrogens with one attached hydrogen (secondary N) is 1. The molecule has 0 bridgehead atoms. The third kappa shape index (κ3) is 3.17. The maximum absolute atomic E-state index is 12.9. The Morgan fingerprint density at radius 2 is 1.78 bits per heavy atom. The number of anilines is 1. The Balaban J connectivity index is 1.80. The second-order valence-electron chi connectivity index (χ2n) is 6.24. The van der Waals surface area contributed by atoms with Crippen LogP contribution in [0, 0.1) is 6.92 Å². The molecule has 6 nitrogen and oxygen atoms in total. The summed E-state index contributed by atoms with van der Waals surface area (Å²) in [6.07, 6.45) is 0.718. The molecule has 0 aliphatic carbocycles. The molecule has 4 aromatic rings. The second-order valence-corrected chi connectivity index (χ2v) is 6.24. The van der Waals surface area contributed by atoms with Crippen LogP contribution in [0.2, 0.25) is 0 Å². The van der Waals surface area contributed by atoms with E-state index < -0.39 is 0 Å². The Kier molecular flexibility index (Phi) is 4.38. The lowest BCUT2D eigenvalue weighted by Gasteiger charge is -2.11. The number of amides is 1. The van der Waals surface area contributed by atoms with Gasteiger partial charge in [-0.3, -0.25) is 14.7 Å². The van der Waals surface area contributed by atoms with Crippen LogP contribution in [-0.4, -0.2) is 25.7 Å². The molecular formula is C21H19N5O. The highest BCUT2D eigenvalue weighted by molar-refractivity contribution is 6.05. The molecule has 134 valence electrons. The topological polar surface area (TPSA) is 72.7 Å². The number of carbonyl (C=O) groups is 1. The van der Waals surface area contributed by atoms with Gasteiger partial charge in [0.15, 0.2) is 0 Å². The molecule has 0 spiro atoms. The molecule has 0 aliphatic rings. The Morgan fingerprint density at radius 3 is 2.56 bits per heavy atom. The quantitative estimate of drug-likeness (QED) is 0.600. The Morgan fingerprint density at radius 1 is 1.04 bits per heavy atom. The maximum Gasteiger partial charge on any atom is 0.259 e. The SMILES string of the molecule is CCc1cc(C(=O)Nc2nc3ccccc3n2-c2ccccc2)c(C)nn1. The standard InChI is InChI=1S/C21H19N5O/c1-3-15-13-17(14(2)24-25-15)20(27)23-21-22-18-11-7-8-12-19(18)26(21)16-9-5-4-6-10-16/h4-13H,3H2,1-2H3,(H,22,23,27). The average molecular weight is 357 g/mol. The van der Waals surface area contributed by atoms with Gasteiger partial charge >= 0.3 is 0 Å². The van der Waals surface area contributed by atoms with Crippen molar-refractivity contribution >= 4 is 22.9 Å². The molecule has 6 heteroatoms. The van der Waals surface area contributed by atoms with E-state index in [1.54, 1.807) is 13.0 Å². The molecule has 27 heavy (non-hydrogen) atoms. The molecule has 0 aliphatic heterocycles. The molecule has 0 radical (unpaired) electrons. The second kappa shape index (κ2) is 6.99. The summed E-state index contributed by atoms with van der Waals surface area (Å²) in [5.74, 6) is 0.228. The molecular weight excluding hydrogens is 338 g/mol. The number of hydrogen-bond acceptors (Lipinski definition) is 4. The van der Waals surface area contributed by atoms with Crippen LogP contribution in [0.15, 0.2) is 60.7 Å². The number of aryl methyl sites for hydroxylation is 2. The Hall–Kier alpha value is -3.54. The number of benzene rings is 2. The molecule has 0 unspecified atom stereocenters. The van der Waals surface area contributed by atoms with Crippen molar-refractivity contribution in [1.29, 1.82) is 0 Å². The van der Waals surface area contributed by atoms with Crippen LogP contribution in [0.5, 0.6) is 0 Å². The molecule has 1 amide bonds. The summed E-state index contributed by atoms with van der Waals surface area (Å²) in [4.78, 5) is 17.6. The van der Waals surface area contributed by atoms with E-state index in [0.29, 0.717) is 17.2 Å². The fraction of sp³-hybridized carbons (Fsp3) is 0.143. The fourth-order valence-corrected chi connectivity index (χ4v) is 3.01. The first-order valence-corrected chi connectivity index (χ1v) is 8.85. The third-order valence-corrected chi connectivity index (χ3v) is 4.44. The molecule has 0 saturated heterocycles. The van der Waals surface area contributed by atoms with Crippen LogP contribution in [0.3, 0.4) is 0 Å². The zero-order valence-electron chi connectivity index (χ0n) is 15.2. The number of fused-ring (bicyclic) bond motifs is 1. The van der Waals surface area contributed by atoms with E-state index in [-0.39, 0.29) is 5.91 Å². The van der Waals surface area contributed by atoms with Crippen LogP contribution in [-0.2, 0) is 6.42 Å². The number of nitrogens with zero attached hydrogens (tertiary/aromatic N) is 4. The number of aromatic nitrogens is 4. The predicted octanol–water partition coefficient (Wildman–Crippen LogP) is 3.94. The summed E-state index contributed by atoms with van der Waals surface area (Å²) in [6, 6.07) is 19.4. The molecule has 0 saturated carbocycles. The van der Waals surface area contributed by atoms with Gasteiger partial charge in [0.2, 0.25) is 5.95 Å². The lowest BCUT2D eigenvalue weighted by Crippen LogP contribution is -2.18. The minimum absolute atomic E-state index is 0.246. The third-order valence-electron chi connectivity index (χ3n) is 4.44. The summed E-state index contributed by atoms with van der Waals surface area (Å²) < 4.78 is 1.94. The summed E-state index contributed by atoms with van der Waals surface area (Å²) >= 11 is 0. The Bertz CT molecular complexity index is 1120. The van der Waals surface area contributed by atoms with Gasteiger partial charge < -0.3 is 0 Å². The normalized spacial score (nSPS) is 10.9. The van der Waals surface area contributed by atoms with Crippen molar-refractivity contribution in [3.63, 3.8) is 0 Å². The van der Waals surface area contributed by atoms with Crippen LogP contribution >= 0.6 is 0 Å². The lowest BCUT2D eigenvalue weighted by atomic mass is 10.1. The molecule has 2 heterocycles. The van der Waals surface area contributed by atoms with E-state index in [4.69, 9.17) is 0 Å². The van der Waals surface area contributed by atoms with Gasteiger partial charge in [0.05, 0.1) is 28.0 Å². The minimum Gasteiger partial charge on any atom is -0.291 e. The lowest BCUT2D eigenvalue weighted by molar-refractivity contribution is 0.102. The van der Waals surface area contributed by atoms with Crippen LogP contribution in [0.4, 0.5) is 5.95 Å². The van der Waals surface area contributed by atoms with E-state index in [2.05, 4.69) is 20.5 Å². The predicted molar refractivity (Wildman–Crippen MR) is 105 cm³/mol. The van der Waals surface area contributed by atoms with Crippen molar-refractivity contribution < 1.29 is 4.79 Å². The monoisotopic (exact) mass is 357 g/mol. The summed E-state index contributed by atoms with van der Waals surface area (Å²) in [5.41, 5.74) is 4.55. The van der Waals surface area contributed by atoms with Gasteiger partial charge in [-0.2, -0.15) is 10.2 Å². The Labute approximate surface area is 156 Å². The van der Waals surface area contributed by atoms with E-state index in [0.717, 1.165) is 28.8 Å². The van der Waals surface area contributed by atoms with Gasteiger partial charge in [0.1, 0.15) is 0 Å². The highest BCUT2D eigenvalue weighted by Crippen LogP contribution is 2.25. The van der Waals surface area contributed by atoms with Gasteiger partial charge in [0, 0.05) is 5.69 Å². The number of hydrogen-bond donors (Lipinski definition) is 1. The summed E-state index contributed by atoms with van der Waals surface area (Å²) in [7, 11) is 0. The van der Waals surface area contributed by atoms with E-state index in [1.807, 2.05) is 66.1 Å². The van der Waals surface area contributed by atoms with Gasteiger partial charge in [0.25, 0.3) is 5.91 Å². The van der Waals surface area contributed by atoms with Crippen molar-refractivity contribution in [2.75, 3.05) is 5.32 Å². The van der Waals surface area contributed by atoms with E-state index in [1.165, 1.54) is 0 Å². The van der Waals surface area contributed by atoms with Crippen molar-refractivity contribution in [2.45, 2.75) is 20.3 Å². The zero-order chi connectivity index (χ0) is 18.8. The first-order valence-electron chi connectivity index (χ1n) is 8.85. The van der Waals surface area contributed by atoms with Crippen molar-refractivity contribution in [3.05, 3.63) is 77.6 Å². The molecule has 0 atom stereocenters. The highest BCUT2D eigenvalue weighted by Gasteiger charge is 2.17. The van der Waals surface area contributed by atoms with Gasteiger partial charge in [-0.1, -0.05) is 37.3 Å². The average Bonchev–Trinajstić information content (AvgIpc) is 3.06. The molecule has 4 rings (SSSR count). The van der Waals surface area contributed by atoms with E-state index >= 15 is 0 Å². The van der Waals surface area contributed by atoms with E-state index in [9.17, 15) is 4.79 Å². The van der Waals surface area contributed by atoms with Crippen LogP contribution in [0.25, 0.3) is 16.7 Å². The van der Waals surface area contributed by atoms with Crippen molar-refractivity contribution in [1.82, 2.24) is 19.7 Å². The molecule has 2 aromatic carbocycles. The maximum atomic E-state index is 12.9. The number of rotatable bonds is 4. The molecule has 2 aromatic heterocycles. The minimum atomic E-state index is -0.246. The van der Waals surface area contributed by atoms with Gasteiger partial charge in [-0.25, -0.2) is 4.98 Å². The summed E-state index contributed by atoms with van der Waals surface area (Å²) in [5, 5.41) is 11.1. The number of para-hydroxylation sites is 3. The smallest absolute Gasteiger partial charge is 0.259 e. The summed E-state index contributed by atoms with van der Waals surface area (Å²) in [6.45, 7) is 3.76. The van der Waals surface area contributed by atoms with Gasteiger partial charge in [-0.05, 0) is 43.7 Å². The fourth-order valence-electron chi connectivity index (χ4n) is 3.01.